The van der Waals surface area contributed by atoms with E-state index in [9.17, 15) is 0 Å². The lowest BCUT2D eigenvalue weighted by Crippen LogP contribution is -2.08. The normalized spacial score (nSPS) is 14.5. The van der Waals surface area contributed by atoms with E-state index >= 15 is 0 Å². The van der Waals surface area contributed by atoms with Crippen molar-refractivity contribution in [1.29, 1.82) is 0 Å². The quantitative estimate of drug-likeness (QED) is 0.182. The van der Waals surface area contributed by atoms with Gasteiger partial charge < -0.3 is 10.6 Å². The van der Waals surface area contributed by atoms with Crippen LogP contribution in [0.15, 0.2) is 194 Å². The molecule has 2 aliphatic rings. The molecule has 4 heterocycles. The second kappa shape index (κ2) is 14.1. The minimum absolute atomic E-state index is 0.895. The standard InChI is InChI=1S/C46H34N4/c1-3-23-43(47-25-13-1)41(45-29-33-15-5-7-19-37(33)31-49-45)27-35-17-9-11-21-39(35)40-22-12-10-18-36(40)28-42(44-24-4-2-14-26-48-44)46-30-34-16-6-8-20-38(34)32-50-46/h1-32,47-48H. The summed E-state index contributed by atoms with van der Waals surface area (Å²) in [6, 6.07) is 38.2. The molecule has 0 bridgehead atoms. The summed E-state index contributed by atoms with van der Waals surface area (Å²) in [5.74, 6) is 0. The summed E-state index contributed by atoms with van der Waals surface area (Å²) >= 11 is 0. The second-order valence-electron chi connectivity index (χ2n) is 12.1. The fourth-order valence-electron chi connectivity index (χ4n) is 6.34. The van der Waals surface area contributed by atoms with Crippen LogP contribution in [-0.2, 0) is 0 Å². The molecule has 0 saturated heterocycles. The Morgan fingerprint density at radius 1 is 0.440 bits per heavy atom. The predicted octanol–water partition coefficient (Wildman–Crippen LogP) is 10.6. The van der Waals surface area contributed by atoms with Gasteiger partial charge in [0.1, 0.15) is 0 Å². The number of fused-ring (bicyclic) bond motifs is 2. The molecule has 4 aromatic carbocycles. The summed E-state index contributed by atoms with van der Waals surface area (Å²) in [5.41, 5.74) is 10.1. The molecule has 4 nitrogen and oxygen atoms in total. The molecular formula is C46H34N4. The van der Waals surface area contributed by atoms with Crippen LogP contribution in [0, 0.1) is 0 Å². The van der Waals surface area contributed by atoms with Gasteiger partial charge in [-0.2, -0.15) is 0 Å². The number of pyridine rings is 2. The zero-order chi connectivity index (χ0) is 33.5. The maximum atomic E-state index is 4.95. The van der Waals surface area contributed by atoms with Crippen molar-refractivity contribution < 1.29 is 0 Å². The Labute approximate surface area is 292 Å². The zero-order valence-electron chi connectivity index (χ0n) is 27.4. The Kier molecular flexibility index (Phi) is 8.64. The van der Waals surface area contributed by atoms with Crippen LogP contribution in [0.2, 0.25) is 0 Å². The topological polar surface area (TPSA) is 49.8 Å². The second-order valence-corrected chi connectivity index (χ2v) is 12.1. The lowest BCUT2D eigenvalue weighted by atomic mass is 9.91. The van der Waals surface area contributed by atoms with E-state index < -0.39 is 0 Å². The third-order valence-corrected chi connectivity index (χ3v) is 8.85. The summed E-state index contributed by atoms with van der Waals surface area (Å²) in [6.07, 6.45) is 28.7. The molecule has 0 radical (unpaired) electrons. The molecule has 0 amide bonds. The molecule has 0 saturated carbocycles. The summed E-state index contributed by atoms with van der Waals surface area (Å²) in [4.78, 5) is 9.89. The summed E-state index contributed by atoms with van der Waals surface area (Å²) in [5, 5.41) is 11.5. The maximum absolute atomic E-state index is 4.95. The van der Waals surface area contributed by atoms with E-state index in [0.717, 1.165) is 77.7 Å². The Bertz CT molecular complexity index is 2310. The molecule has 2 aliphatic heterocycles. The maximum Gasteiger partial charge on any atom is 0.0729 e. The van der Waals surface area contributed by atoms with Crippen LogP contribution in [0.1, 0.15) is 22.5 Å². The molecule has 0 atom stereocenters. The molecule has 6 aromatic rings. The highest BCUT2D eigenvalue weighted by atomic mass is 14.9. The van der Waals surface area contributed by atoms with Gasteiger partial charge in [0.15, 0.2) is 0 Å². The van der Waals surface area contributed by atoms with Crippen molar-refractivity contribution >= 4 is 44.8 Å². The SMILES string of the molecule is C1=CC=C(C(=Cc2ccccc2-c2ccccc2C=C(C2=CC=CC=CN2)c2cc3ccccc3cn2)c2cc3ccccc3cn2)NC=C1. The van der Waals surface area contributed by atoms with E-state index in [1.165, 1.54) is 0 Å². The van der Waals surface area contributed by atoms with Crippen molar-refractivity contribution in [3.05, 3.63) is 217 Å². The first kappa shape index (κ1) is 30.5. The highest BCUT2D eigenvalue weighted by molar-refractivity contribution is 5.99. The first-order chi connectivity index (χ1) is 24.8. The number of nitrogens with one attached hydrogen (secondary N) is 2. The molecule has 0 unspecified atom stereocenters. The Balaban J connectivity index is 1.29. The third kappa shape index (κ3) is 6.51. The lowest BCUT2D eigenvalue weighted by molar-refractivity contribution is 1.12. The molecule has 50 heavy (non-hydrogen) atoms. The minimum atomic E-state index is 0.895. The van der Waals surface area contributed by atoms with E-state index in [1.807, 2.05) is 61.2 Å². The fraction of sp³-hybridized carbons (Fsp3) is 0. The molecular weight excluding hydrogens is 609 g/mol. The zero-order valence-corrected chi connectivity index (χ0v) is 27.4. The van der Waals surface area contributed by atoms with Gasteiger partial charge in [-0.25, -0.2) is 0 Å². The third-order valence-electron chi connectivity index (χ3n) is 8.85. The smallest absolute Gasteiger partial charge is 0.0729 e. The van der Waals surface area contributed by atoms with Crippen LogP contribution in [0.5, 0.6) is 0 Å². The van der Waals surface area contributed by atoms with Crippen molar-refractivity contribution in [3.8, 4) is 11.1 Å². The number of aromatic nitrogens is 2. The van der Waals surface area contributed by atoms with E-state index in [4.69, 9.17) is 9.97 Å². The van der Waals surface area contributed by atoms with Crippen molar-refractivity contribution in [2.45, 2.75) is 0 Å². The van der Waals surface area contributed by atoms with Crippen molar-refractivity contribution in [3.63, 3.8) is 0 Å². The van der Waals surface area contributed by atoms with Crippen LogP contribution in [0.3, 0.4) is 0 Å². The van der Waals surface area contributed by atoms with Gasteiger partial charge in [0.05, 0.1) is 11.4 Å². The molecule has 0 aliphatic carbocycles. The number of rotatable bonds is 7. The average Bonchev–Trinajstić information content (AvgIpc) is 3.62. The van der Waals surface area contributed by atoms with Gasteiger partial charge in [-0.05, 0) is 81.6 Å². The summed E-state index contributed by atoms with van der Waals surface area (Å²) < 4.78 is 0. The largest absolute Gasteiger partial charge is 0.361 e. The molecule has 0 fully saturated rings. The molecule has 0 spiro atoms. The van der Waals surface area contributed by atoms with Crippen molar-refractivity contribution in [1.82, 2.24) is 20.6 Å². The van der Waals surface area contributed by atoms with Gasteiger partial charge in [-0.3, -0.25) is 9.97 Å². The van der Waals surface area contributed by atoms with E-state index in [0.29, 0.717) is 0 Å². The number of hydrogen-bond donors (Lipinski definition) is 2. The highest BCUT2D eigenvalue weighted by Crippen LogP contribution is 2.35. The number of allylic oxidation sites excluding steroid dienone is 10. The van der Waals surface area contributed by atoms with Crippen LogP contribution in [0.25, 0.3) is 56.0 Å². The van der Waals surface area contributed by atoms with Gasteiger partial charge in [-0.15, -0.1) is 0 Å². The number of benzene rings is 4. The van der Waals surface area contributed by atoms with Crippen LogP contribution >= 0.6 is 0 Å². The highest BCUT2D eigenvalue weighted by Gasteiger charge is 2.16. The van der Waals surface area contributed by atoms with Gasteiger partial charge in [-0.1, -0.05) is 121 Å². The first-order valence-electron chi connectivity index (χ1n) is 16.7. The van der Waals surface area contributed by atoms with Crippen molar-refractivity contribution in [2.75, 3.05) is 0 Å². The van der Waals surface area contributed by atoms with Gasteiger partial charge in [0.25, 0.3) is 0 Å². The van der Waals surface area contributed by atoms with Crippen LogP contribution in [0.4, 0.5) is 0 Å². The molecule has 8 rings (SSSR count). The Morgan fingerprint density at radius 3 is 1.34 bits per heavy atom. The van der Waals surface area contributed by atoms with Gasteiger partial charge >= 0.3 is 0 Å². The number of hydrogen-bond acceptors (Lipinski definition) is 4. The average molecular weight is 643 g/mol. The minimum Gasteiger partial charge on any atom is -0.361 e. The summed E-state index contributed by atoms with van der Waals surface area (Å²) in [6.45, 7) is 0. The molecule has 2 N–H and O–H groups in total. The van der Waals surface area contributed by atoms with E-state index in [-0.39, 0.29) is 0 Å². The Morgan fingerprint density at radius 2 is 0.860 bits per heavy atom. The fourth-order valence-corrected chi connectivity index (χ4v) is 6.34. The summed E-state index contributed by atoms with van der Waals surface area (Å²) in [7, 11) is 0. The van der Waals surface area contributed by atoms with Crippen LogP contribution in [-0.4, -0.2) is 9.97 Å². The molecule has 4 heteroatoms. The monoisotopic (exact) mass is 642 g/mol. The van der Waals surface area contributed by atoms with Crippen LogP contribution < -0.4 is 10.6 Å². The van der Waals surface area contributed by atoms with Gasteiger partial charge in [0, 0.05) is 58.1 Å². The first-order valence-corrected chi connectivity index (χ1v) is 16.7. The van der Waals surface area contributed by atoms with E-state index in [2.05, 4.69) is 144 Å². The Hall–Kier alpha value is -6.78. The lowest BCUT2D eigenvalue weighted by Gasteiger charge is -2.16. The van der Waals surface area contributed by atoms with Crippen molar-refractivity contribution in [2.24, 2.45) is 0 Å². The predicted molar refractivity (Wildman–Crippen MR) is 210 cm³/mol. The van der Waals surface area contributed by atoms with E-state index in [1.54, 1.807) is 0 Å². The van der Waals surface area contributed by atoms with Gasteiger partial charge in [0.2, 0.25) is 0 Å². The molecule has 238 valence electrons. The molecule has 2 aromatic heterocycles. The number of nitrogens with zero attached hydrogens (tertiary/aromatic N) is 2.